The van der Waals surface area contributed by atoms with Crippen LogP contribution in [-0.4, -0.2) is 11.8 Å². The zero-order chi connectivity index (χ0) is 15.9. The van der Waals surface area contributed by atoms with Crippen molar-refractivity contribution in [1.29, 1.82) is 10.5 Å². The smallest absolute Gasteiger partial charge is 0.267 e. The lowest BCUT2D eigenvalue weighted by Crippen LogP contribution is -2.41. The van der Waals surface area contributed by atoms with E-state index in [0.717, 1.165) is 0 Å². The van der Waals surface area contributed by atoms with Crippen LogP contribution in [0.4, 0.5) is 0 Å². The standard InChI is InChI=1S/C16H10N4O2/c17-9-11-1-5-13(6-2-11)15(21)19-20-16(22)14-7-3-12(10-18)4-8-14/h1-8H,(H,19,21)(H,20,22). The lowest BCUT2D eigenvalue weighted by Gasteiger charge is -2.07. The van der Waals surface area contributed by atoms with Gasteiger partial charge >= 0.3 is 0 Å². The number of hydrogen-bond donors (Lipinski definition) is 2. The summed E-state index contributed by atoms with van der Waals surface area (Å²) in [6.07, 6.45) is 0. The van der Waals surface area contributed by atoms with Crippen molar-refractivity contribution < 1.29 is 9.59 Å². The summed E-state index contributed by atoms with van der Waals surface area (Å²) in [6, 6.07) is 15.9. The molecular weight excluding hydrogens is 280 g/mol. The molecule has 0 fully saturated rings. The average molecular weight is 290 g/mol. The Morgan fingerprint density at radius 3 is 1.27 bits per heavy atom. The molecule has 0 aliphatic heterocycles. The molecule has 22 heavy (non-hydrogen) atoms. The second-order valence-electron chi connectivity index (χ2n) is 4.29. The highest BCUT2D eigenvalue weighted by molar-refractivity contribution is 5.99. The molecule has 2 amide bonds. The van der Waals surface area contributed by atoms with Gasteiger partial charge in [0.1, 0.15) is 0 Å². The van der Waals surface area contributed by atoms with Gasteiger partial charge in [0.15, 0.2) is 0 Å². The zero-order valence-corrected chi connectivity index (χ0v) is 11.3. The maximum atomic E-state index is 11.8. The third-order valence-electron chi connectivity index (χ3n) is 2.84. The van der Waals surface area contributed by atoms with Gasteiger partial charge in [-0.05, 0) is 48.5 Å². The molecule has 0 aliphatic carbocycles. The van der Waals surface area contributed by atoms with Crippen LogP contribution in [0, 0.1) is 22.7 Å². The van der Waals surface area contributed by atoms with E-state index < -0.39 is 11.8 Å². The van der Waals surface area contributed by atoms with E-state index in [-0.39, 0.29) is 0 Å². The molecule has 0 unspecified atom stereocenters. The van der Waals surface area contributed by atoms with E-state index in [1.807, 2.05) is 12.1 Å². The van der Waals surface area contributed by atoms with Gasteiger partial charge in [0.25, 0.3) is 11.8 Å². The molecule has 2 rings (SSSR count). The van der Waals surface area contributed by atoms with Crippen LogP contribution in [0.2, 0.25) is 0 Å². The van der Waals surface area contributed by atoms with Gasteiger partial charge in [0, 0.05) is 11.1 Å². The molecule has 6 heteroatoms. The minimum atomic E-state index is -0.494. The van der Waals surface area contributed by atoms with Gasteiger partial charge in [-0.2, -0.15) is 10.5 Å². The van der Waals surface area contributed by atoms with Crippen molar-refractivity contribution in [3.63, 3.8) is 0 Å². The first-order valence-electron chi connectivity index (χ1n) is 6.25. The highest BCUT2D eigenvalue weighted by Crippen LogP contribution is 2.04. The van der Waals surface area contributed by atoms with Crippen molar-refractivity contribution in [3.8, 4) is 12.1 Å². The fraction of sp³-hybridized carbons (Fsp3) is 0. The molecule has 106 valence electrons. The molecule has 0 spiro atoms. The summed E-state index contributed by atoms with van der Waals surface area (Å²) in [5, 5.41) is 17.4. The van der Waals surface area contributed by atoms with Crippen LogP contribution in [0.5, 0.6) is 0 Å². The second kappa shape index (κ2) is 6.69. The molecule has 0 heterocycles. The Morgan fingerprint density at radius 2 is 1.00 bits per heavy atom. The molecule has 0 saturated carbocycles. The zero-order valence-electron chi connectivity index (χ0n) is 11.3. The van der Waals surface area contributed by atoms with E-state index in [0.29, 0.717) is 22.3 Å². The van der Waals surface area contributed by atoms with Crippen molar-refractivity contribution in [1.82, 2.24) is 10.9 Å². The van der Waals surface area contributed by atoms with Gasteiger partial charge in [0.2, 0.25) is 0 Å². The lowest BCUT2D eigenvalue weighted by molar-refractivity contribution is 0.0846. The fourth-order valence-corrected chi connectivity index (χ4v) is 1.65. The Hall–Kier alpha value is -3.64. The summed E-state index contributed by atoms with van der Waals surface area (Å²) in [4.78, 5) is 23.7. The molecule has 2 aromatic rings. The molecule has 2 aromatic carbocycles. The first kappa shape index (κ1) is 14.8. The van der Waals surface area contributed by atoms with Crippen molar-refractivity contribution in [2.45, 2.75) is 0 Å². The van der Waals surface area contributed by atoms with Crippen molar-refractivity contribution >= 4 is 11.8 Å². The van der Waals surface area contributed by atoms with E-state index in [1.54, 1.807) is 0 Å². The Bertz CT molecular complexity index is 711. The minimum absolute atomic E-state index is 0.319. The van der Waals surface area contributed by atoms with Gasteiger partial charge in [0.05, 0.1) is 23.3 Å². The molecule has 0 radical (unpaired) electrons. The third-order valence-corrected chi connectivity index (χ3v) is 2.84. The van der Waals surface area contributed by atoms with Crippen LogP contribution in [0.3, 0.4) is 0 Å². The molecular formula is C16H10N4O2. The summed E-state index contributed by atoms with van der Waals surface area (Å²) in [5.41, 5.74) is 6.08. The predicted octanol–water partition coefficient (Wildman–Crippen LogP) is 1.50. The summed E-state index contributed by atoms with van der Waals surface area (Å²) in [6.45, 7) is 0. The van der Waals surface area contributed by atoms with Crippen molar-refractivity contribution in [2.75, 3.05) is 0 Å². The van der Waals surface area contributed by atoms with Crippen LogP contribution in [-0.2, 0) is 0 Å². The normalized spacial score (nSPS) is 9.18. The first-order chi connectivity index (χ1) is 10.6. The van der Waals surface area contributed by atoms with E-state index in [4.69, 9.17) is 10.5 Å². The van der Waals surface area contributed by atoms with E-state index in [9.17, 15) is 9.59 Å². The molecule has 0 atom stereocenters. The topological polar surface area (TPSA) is 106 Å². The number of nitrogens with one attached hydrogen (secondary N) is 2. The number of rotatable bonds is 2. The monoisotopic (exact) mass is 290 g/mol. The molecule has 0 bridgehead atoms. The van der Waals surface area contributed by atoms with Gasteiger partial charge in [-0.25, -0.2) is 0 Å². The average Bonchev–Trinajstić information content (AvgIpc) is 2.59. The van der Waals surface area contributed by atoms with Crippen LogP contribution in [0.25, 0.3) is 0 Å². The summed E-state index contributed by atoms with van der Waals surface area (Å²) >= 11 is 0. The number of nitrogens with zero attached hydrogens (tertiary/aromatic N) is 2. The number of benzene rings is 2. The quantitative estimate of drug-likeness (QED) is 0.817. The van der Waals surface area contributed by atoms with E-state index in [1.165, 1.54) is 48.5 Å². The fourth-order valence-electron chi connectivity index (χ4n) is 1.65. The number of hydrazine groups is 1. The van der Waals surface area contributed by atoms with Gasteiger partial charge in [-0.15, -0.1) is 0 Å². The SMILES string of the molecule is N#Cc1ccc(C(=O)NNC(=O)c2ccc(C#N)cc2)cc1. The molecule has 6 nitrogen and oxygen atoms in total. The number of amides is 2. The molecule has 0 saturated heterocycles. The van der Waals surface area contributed by atoms with Gasteiger partial charge in [-0.1, -0.05) is 0 Å². The summed E-state index contributed by atoms with van der Waals surface area (Å²) in [5.74, 6) is -0.988. The van der Waals surface area contributed by atoms with Crippen molar-refractivity contribution in [2.24, 2.45) is 0 Å². The third kappa shape index (κ3) is 3.47. The van der Waals surface area contributed by atoms with E-state index >= 15 is 0 Å². The minimum Gasteiger partial charge on any atom is -0.267 e. The lowest BCUT2D eigenvalue weighted by atomic mass is 10.1. The number of hydrogen-bond acceptors (Lipinski definition) is 4. The molecule has 0 aromatic heterocycles. The highest BCUT2D eigenvalue weighted by atomic mass is 16.2. The Morgan fingerprint density at radius 1 is 0.682 bits per heavy atom. The first-order valence-corrected chi connectivity index (χ1v) is 6.25. The summed E-state index contributed by atoms with van der Waals surface area (Å²) in [7, 11) is 0. The van der Waals surface area contributed by atoms with Gasteiger partial charge < -0.3 is 0 Å². The number of carbonyl (C=O) groups excluding carboxylic acids is 2. The Labute approximate surface area is 126 Å². The number of nitriles is 2. The second-order valence-corrected chi connectivity index (χ2v) is 4.29. The number of carbonyl (C=O) groups is 2. The van der Waals surface area contributed by atoms with E-state index in [2.05, 4.69) is 10.9 Å². The maximum absolute atomic E-state index is 11.8. The van der Waals surface area contributed by atoms with Crippen LogP contribution in [0.15, 0.2) is 48.5 Å². The van der Waals surface area contributed by atoms with Crippen LogP contribution in [0.1, 0.15) is 31.8 Å². The highest BCUT2D eigenvalue weighted by Gasteiger charge is 2.09. The maximum Gasteiger partial charge on any atom is 0.269 e. The Kier molecular flexibility index (Phi) is 4.49. The molecule has 2 N–H and O–H groups in total. The van der Waals surface area contributed by atoms with Crippen LogP contribution < -0.4 is 10.9 Å². The predicted molar refractivity (Wildman–Crippen MR) is 77.2 cm³/mol. The van der Waals surface area contributed by atoms with Gasteiger partial charge in [-0.3, -0.25) is 20.4 Å². The summed E-state index contributed by atoms with van der Waals surface area (Å²) < 4.78 is 0. The largest absolute Gasteiger partial charge is 0.269 e. The Balaban J connectivity index is 1.96. The van der Waals surface area contributed by atoms with Crippen molar-refractivity contribution in [3.05, 3.63) is 70.8 Å². The molecule has 0 aliphatic rings. The van der Waals surface area contributed by atoms with Crippen LogP contribution >= 0.6 is 0 Å².